The second-order valence-corrected chi connectivity index (χ2v) is 8.80. The van der Waals surface area contributed by atoms with Crippen LogP contribution in [0.4, 0.5) is 4.39 Å². The minimum Gasteiger partial charge on any atom is -0.483 e. The molecule has 0 aliphatic heterocycles. The normalized spacial score (nSPS) is 12.2. The first-order chi connectivity index (χ1) is 14.5. The minimum absolute atomic E-state index is 0.186. The Morgan fingerprint density at radius 3 is 2.32 bits per heavy atom. The molecule has 0 radical (unpaired) electrons. The van der Waals surface area contributed by atoms with Crippen molar-refractivity contribution in [3.8, 4) is 5.75 Å². The summed E-state index contributed by atoms with van der Waals surface area (Å²) in [5.41, 5.74) is 2.36. The third kappa shape index (κ3) is 7.09. The summed E-state index contributed by atoms with van der Waals surface area (Å²) in [4.78, 5) is 27.7. The van der Waals surface area contributed by atoms with Crippen molar-refractivity contribution < 1.29 is 18.7 Å². The van der Waals surface area contributed by atoms with Gasteiger partial charge in [0.05, 0.1) is 0 Å². The van der Waals surface area contributed by atoms with Crippen LogP contribution >= 0.6 is 0 Å². The first kappa shape index (κ1) is 24.4. The quantitative estimate of drug-likeness (QED) is 0.671. The zero-order valence-electron chi connectivity index (χ0n) is 19.3. The standard InChI is InChI=1S/C25H33FN2O3/c1-7-21(24(30)27-25(4,5)6)28(15-19-11-13-20(26)14-12-19)23(29)16-31-22-10-8-9-17(2)18(22)3/h8-14,21H,7,15-16H2,1-6H3,(H,27,30)/t21-/m1/s1. The molecule has 0 saturated carbocycles. The van der Waals surface area contributed by atoms with Gasteiger partial charge in [-0.1, -0.05) is 31.2 Å². The highest BCUT2D eigenvalue weighted by Gasteiger charge is 2.31. The number of benzene rings is 2. The van der Waals surface area contributed by atoms with Crippen molar-refractivity contribution >= 4 is 11.8 Å². The van der Waals surface area contributed by atoms with Gasteiger partial charge in [-0.15, -0.1) is 0 Å². The Hall–Kier alpha value is -2.89. The van der Waals surface area contributed by atoms with Crippen LogP contribution in [0.3, 0.4) is 0 Å². The van der Waals surface area contributed by atoms with Crippen LogP contribution in [0.2, 0.25) is 0 Å². The van der Waals surface area contributed by atoms with Crippen LogP contribution < -0.4 is 10.1 Å². The van der Waals surface area contributed by atoms with Gasteiger partial charge in [0, 0.05) is 12.1 Å². The lowest BCUT2D eigenvalue weighted by Gasteiger charge is -2.33. The number of rotatable bonds is 8. The maximum atomic E-state index is 13.3. The van der Waals surface area contributed by atoms with E-state index in [4.69, 9.17) is 4.74 Å². The molecule has 0 heterocycles. The van der Waals surface area contributed by atoms with E-state index in [-0.39, 0.29) is 30.8 Å². The van der Waals surface area contributed by atoms with E-state index < -0.39 is 11.6 Å². The molecule has 0 aliphatic rings. The van der Waals surface area contributed by atoms with Crippen molar-refractivity contribution in [2.24, 2.45) is 0 Å². The number of nitrogens with one attached hydrogen (secondary N) is 1. The van der Waals surface area contributed by atoms with Crippen molar-refractivity contribution in [3.05, 3.63) is 65.0 Å². The number of nitrogens with zero attached hydrogens (tertiary/aromatic N) is 1. The van der Waals surface area contributed by atoms with Gasteiger partial charge in [0.2, 0.25) is 5.91 Å². The molecule has 6 heteroatoms. The summed E-state index contributed by atoms with van der Waals surface area (Å²) in [5, 5.41) is 2.96. The Morgan fingerprint density at radius 2 is 1.74 bits per heavy atom. The number of carbonyl (C=O) groups excluding carboxylic acids is 2. The van der Waals surface area contributed by atoms with E-state index in [0.717, 1.165) is 16.7 Å². The van der Waals surface area contributed by atoms with Crippen LogP contribution in [0.15, 0.2) is 42.5 Å². The number of amides is 2. The van der Waals surface area contributed by atoms with E-state index in [0.29, 0.717) is 12.2 Å². The van der Waals surface area contributed by atoms with Crippen LogP contribution in [0.1, 0.15) is 50.8 Å². The van der Waals surface area contributed by atoms with E-state index in [1.165, 1.54) is 17.0 Å². The first-order valence-electron chi connectivity index (χ1n) is 10.6. The molecule has 2 amide bonds. The first-order valence-corrected chi connectivity index (χ1v) is 10.6. The summed E-state index contributed by atoms with van der Waals surface area (Å²) in [7, 11) is 0. The highest BCUT2D eigenvalue weighted by molar-refractivity contribution is 5.88. The molecule has 0 bridgehead atoms. The lowest BCUT2D eigenvalue weighted by Crippen LogP contribution is -2.54. The number of ether oxygens (including phenoxy) is 1. The molecule has 0 fully saturated rings. The molecule has 2 aromatic rings. The number of hydrogen-bond acceptors (Lipinski definition) is 3. The molecule has 5 nitrogen and oxygen atoms in total. The summed E-state index contributed by atoms with van der Waals surface area (Å²) in [5.74, 6) is -0.238. The third-order valence-corrected chi connectivity index (χ3v) is 5.06. The molecule has 2 rings (SSSR count). The van der Waals surface area contributed by atoms with Crippen molar-refractivity contribution in [2.75, 3.05) is 6.61 Å². The van der Waals surface area contributed by atoms with Crippen LogP contribution in [-0.2, 0) is 16.1 Å². The fourth-order valence-corrected chi connectivity index (χ4v) is 3.26. The molecule has 2 aromatic carbocycles. The van der Waals surface area contributed by atoms with E-state index in [1.807, 2.05) is 59.7 Å². The molecule has 0 spiro atoms. The summed E-state index contributed by atoms with van der Waals surface area (Å²) < 4.78 is 19.1. The average molecular weight is 429 g/mol. The van der Waals surface area contributed by atoms with E-state index >= 15 is 0 Å². The number of hydrogen-bond donors (Lipinski definition) is 1. The predicted molar refractivity (Wildman–Crippen MR) is 120 cm³/mol. The van der Waals surface area contributed by atoms with Crippen molar-refractivity contribution in [3.63, 3.8) is 0 Å². The Balaban J connectivity index is 2.26. The predicted octanol–water partition coefficient (Wildman–Crippen LogP) is 4.54. The molecule has 0 saturated heterocycles. The average Bonchev–Trinajstić information content (AvgIpc) is 2.69. The van der Waals surface area contributed by atoms with E-state index in [9.17, 15) is 14.0 Å². The van der Waals surface area contributed by atoms with Gasteiger partial charge in [-0.3, -0.25) is 9.59 Å². The summed E-state index contributed by atoms with van der Waals surface area (Å²) >= 11 is 0. The van der Waals surface area contributed by atoms with Crippen LogP contribution in [-0.4, -0.2) is 34.9 Å². The van der Waals surface area contributed by atoms with Gasteiger partial charge < -0.3 is 15.0 Å². The van der Waals surface area contributed by atoms with Crippen LogP contribution in [0.25, 0.3) is 0 Å². The number of aryl methyl sites for hydroxylation is 1. The van der Waals surface area contributed by atoms with Crippen molar-refractivity contribution in [1.29, 1.82) is 0 Å². The van der Waals surface area contributed by atoms with Gasteiger partial charge in [0.1, 0.15) is 17.6 Å². The highest BCUT2D eigenvalue weighted by Crippen LogP contribution is 2.21. The van der Waals surface area contributed by atoms with Crippen LogP contribution in [0.5, 0.6) is 5.75 Å². The van der Waals surface area contributed by atoms with E-state index in [1.54, 1.807) is 12.1 Å². The third-order valence-electron chi connectivity index (χ3n) is 5.06. The lowest BCUT2D eigenvalue weighted by molar-refractivity contribution is -0.143. The van der Waals surface area contributed by atoms with Gasteiger partial charge in [0.25, 0.3) is 5.91 Å². The molecule has 0 aliphatic carbocycles. The zero-order valence-corrected chi connectivity index (χ0v) is 19.3. The monoisotopic (exact) mass is 428 g/mol. The van der Waals surface area contributed by atoms with Gasteiger partial charge >= 0.3 is 0 Å². The van der Waals surface area contributed by atoms with Gasteiger partial charge in [-0.2, -0.15) is 0 Å². The zero-order chi connectivity index (χ0) is 23.2. The van der Waals surface area contributed by atoms with Gasteiger partial charge in [0.15, 0.2) is 6.61 Å². The summed E-state index contributed by atoms with van der Waals surface area (Å²) in [6.45, 7) is 11.5. The molecular weight excluding hydrogens is 395 g/mol. The van der Waals surface area contributed by atoms with Crippen molar-refractivity contribution in [1.82, 2.24) is 10.2 Å². The van der Waals surface area contributed by atoms with Gasteiger partial charge in [-0.25, -0.2) is 4.39 Å². The van der Waals surface area contributed by atoms with Crippen molar-refractivity contribution in [2.45, 2.75) is 66.1 Å². The molecule has 31 heavy (non-hydrogen) atoms. The topological polar surface area (TPSA) is 58.6 Å². The Labute approximate surface area is 184 Å². The minimum atomic E-state index is -0.668. The maximum Gasteiger partial charge on any atom is 0.261 e. The highest BCUT2D eigenvalue weighted by atomic mass is 19.1. The Bertz CT molecular complexity index is 904. The number of carbonyl (C=O) groups is 2. The largest absolute Gasteiger partial charge is 0.483 e. The van der Waals surface area contributed by atoms with E-state index in [2.05, 4.69) is 5.32 Å². The maximum absolute atomic E-state index is 13.3. The lowest BCUT2D eigenvalue weighted by atomic mass is 10.1. The second-order valence-electron chi connectivity index (χ2n) is 8.80. The molecule has 0 aromatic heterocycles. The van der Waals surface area contributed by atoms with Gasteiger partial charge in [-0.05, 0) is 75.9 Å². The SMILES string of the molecule is CC[C@H](C(=O)NC(C)(C)C)N(Cc1ccc(F)cc1)C(=O)COc1cccc(C)c1C. The Morgan fingerprint density at radius 1 is 1.10 bits per heavy atom. The fraction of sp³-hybridized carbons (Fsp3) is 0.440. The fourth-order valence-electron chi connectivity index (χ4n) is 3.26. The summed E-state index contributed by atoms with van der Waals surface area (Å²) in [6.07, 6.45) is 0.443. The molecular formula is C25H33FN2O3. The van der Waals surface area contributed by atoms with Crippen LogP contribution in [0, 0.1) is 19.7 Å². The molecule has 0 unspecified atom stereocenters. The molecule has 1 N–H and O–H groups in total. The molecule has 168 valence electrons. The summed E-state index contributed by atoms with van der Waals surface area (Å²) in [6, 6.07) is 11.0. The Kier molecular flexibility index (Phi) is 8.20. The number of halogens is 1. The smallest absolute Gasteiger partial charge is 0.261 e. The molecule has 1 atom stereocenters. The second kappa shape index (κ2) is 10.4.